The maximum atomic E-state index is 12.1. The Morgan fingerprint density at radius 2 is 1.64 bits per heavy atom. The highest BCUT2D eigenvalue weighted by atomic mass is 16.5. The van der Waals surface area contributed by atoms with Crippen LogP contribution < -0.4 is 9.47 Å². The number of ether oxygens (including phenoxy) is 4. The maximum absolute atomic E-state index is 12.1. The highest BCUT2D eigenvalue weighted by molar-refractivity contribution is 5.72. The first-order chi connectivity index (χ1) is 17.6. The summed E-state index contributed by atoms with van der Waals surface area (Å²) in [6.45, 7) is 4.59. The van der Waals surface area contributed by atoms with Crippen molar-refractivity contribution in [3.8, 4) is 22.6 Å². The van der Waals surface area contributed by atoms with Gasteiger partial charge in [-0.2, -0.15) is 0 Å². The fourth-order valence-corrected chi connectivity index (χ4v) is 4.74. The lowest BCUT2D eigenvalue weighted by molar-refractivity contribution is -0.151. The zero-order valence-corrected chi connectivity index (χ0v) is 20.9. The number of hydrogen-bond acceptors (Lipinski definition) is 5. The molecule has 1 saturated heterocycles. The topological polar surface area (TPSA) is 54.0 Å². The van der Waals surface area contributed by atoms with Gasteiger partial charge in [0.15, 0.2) is 0 Å². The summed E-state index contributed by atoms with van der Waals surface area (Å²) in [5.41, 5.74) is 4.20. The minimum Gasteiger partial charge on any atom is -0.493 e. The molecule has 2 fully saturated rings. The predicted molar refractivity (Wildman–Crippen MR) is 139 cm³/mol. The van der Waals surface area contributed by atoms with Gasteiger partial charge in [-0.05, 0) is 78.3 Å². The normalized spacial score (nSPS) is 16.5. The second kappa shape index (κ2) is 11.2. The summed E-state index contributed by atoms with van der Waals surface area (Å²) in [6, 6.07) is 24.8. The number of carbonyl (C=O) groups excluding carboxylic acids is 1. The standard InChI is InChI=1S/C31H34O5/c1-2-34-30(32)18-31(21-33-22-31)27-11-15-29(16-12-27)36-20-24-7-4-8-26(17-24)25-9-13-28(14-10-25)35-19-23-5-3-6-23/h4,7-17,23H,2-3,5-6,18-22H2,1H3. The van der Waals surface area contributed by atoms with Gasteiger partial charge in [0.25, 0.3) is 0 Å². The molecule has 3 aromatic carbocycles. The van der Waals surface area contributed by atoms with E-state index >= 15 is 0 Å². The molecule has 0 unspecified atom stereocenters. The molecule has 1 heterocycles. The quantitative estimate of drug-likeness (QED) is 0.296. The van der Waals surface area contributed by atoms with Crippen molar-refractivity contribution < 1.29 is 23.7 Å². The van der Waals surface area contributed by atoms with Crippen LogP contribution in [0.2, 0.25) is 0 Å². The van der Waals surface area contributed by atoms with E-state index in [1.165, 1.54) is 19.3 Å². The molecule has 3 aromatic rings. The highest BCUT2D eigenvalue weighted by Crippen LogP contribution is 2.37. The first kappa shape index (κ1) is 24.4. The van der Waals surface area contributed by atoms with Crippen molar-refractivity contribution in [2.45, 2.75) is 44.6 Å². The third-order valence-electron chi connectivity index (χ3n) is 7.24. The van der Waals surface area contributed by atoms with Crippen molar-refractivity contribution in [1.29, 1.82) is 0 Å². The lowest BCUT2D eigenvalue weighted by Gasteiger charge is -2.41. The van der Waals surface area contributed by atoms with Crippen LogP contribution in [0.15, 0.2) is 72.8 Å². The molecule has 0 radical (unpaired) electrons. The van der Waals surface area contributed by atoms with E-state index < -0.39 is 0 Å². The Labute approximate surface area is 213 Å². The van der Waals surface area contributed by atoms with Crippen LogP contribution in [0.25, 0.3) is 11.1 Å². The Morgan fingerprint density at radius 3 is 2.28 bits per heavy atom. The van der Waals surface area contributed by atoms with Crippen molar-refractivity contribution in [3.05, 3.63) is 83.9 Å². The third-order valence-corrected chi connectivity index (χ3v) is 7.24. The number of benzene rings is 3. The van der Waals surface area contributed by atoms with Crippen molar-refractivity contribution in [3.63, 3.8) is 0 Å². The number of carbonyl (C=O) groups is 1. The molecule has 1 aliphatic heterocycles. The Morgan fingerprint density at radius 1 is 0.917 bits per heavy atom. The molecule has 0 N–H and O–H groups in total. The van der Waals surface area contributed by atoms with Gasteiger partial charge in [0.05, 0.1) is 38.3 Å². The van der Waals surface area contributed by atoms with Gasteiger partial charge in [0.2, 0.25) is 0 Å². The molecule has 1 saturated carbocycles. The Bertz CT molecular complexity index is 1140. The average Bonchev–Trinajstić information content (AvgIpc) is 2.85. The SMILES string of the molecule is CCOC(=O)CC1(c2ccc(OCc3cccc(-c4ccc(OCC5CCC5)cc4)c3)cc2)COC1. The fraction of sp³-hybridized carbons (Fsp3) is 0.387. The minimum absolute atomic E-state index is 0.183. The van der Waals surface area contributed by atoms with Crippen LogP contribution >= 0.6 is 0 Å². The van der Waals surface area contributed by atoms with Crippen molar-refractivity contribution in [1.82, 2.24) is 0 Å². The summed E-state index contributed by atoms with van der Waals surface area (Å²) in [6.07, 6.45) is 4.26. The van der Waals surface area contributed by atoms with Crippen LogP contribution in [0.3, 0.4) is 0 Å². The first-order valence-corrected chi connectivity index (χ1v) is 12.9. The van der Waals surface area contributed by atoms with E-state index in [1.807, 2.05) is 31.2 Å². The molecule has 0 atom stereocenters. The zero-order valence-electron chi connectivity index (χ0n) is 20.9. The van der Waals surface area contributed by atoms with Crippen molar-refractivity contribution in [2.24, 2.45) is 5.92 Å². The van der Waals surface area contributed by atoms with E-state index in [1.54, 1.807) is 0 Å². The molecule has 5 nitrogen and oxygen atoms in total. The molecule has 0 spiro atoms. The van der Waals surface area contributed by atoms with E-state index in [9.17, 15) is 4.79 Å². The fourth-order valence-electron chi connectivity index (χ4n) is 4.74. The Balaban J connectivity index is 1.17. The molecule has 5 heteroatoms. The molecule has 36 heavy (non-hydrogen) atoms. The van der Waals surface area contributed by atoms with E-state index in [-0.39, 0.29) is 11.4 Å². The Kier molecular flexibility index (Phi) is 7.57. The van der Waals surface area contributed by atoms with Gasteiger partial charge in [-0.15, -0.1) is 0 Å². The molecule has 0 amide bonds. The third kappa shape index (κ3) is 5.73. The summed E-state index contributed by atoms with van der Waals surface area (Å²) in [7, 11) is 0. The summed E-state index contributed by atoms with van der Waals surface area (Å²) in [4.78, 5) is 12.1. The summed E-state index contributed by atoms with van der Waals surface area (Å²) in [5, 5.41) is 0. The lowest BCUT2D eigenvalue weighted by atomic mass is 9.76. The second-order valence-corrected chi connectivity index (χ2v) is 9.90. The maximum Gasteiger partial charge on any atom is 0.306 e. The molecule has 1 aliphatic carbocycles. The van der Waals surface area contributed by atoms with Crippen LogP contribution in [0.1, 0.15) is 43.7 Å². The molecule has 188 valence electrons. The van der Waals surface area contributed by atoms with E-state index in [0.29, 0.717) is 32.8 Å². The average molecular weight is 487 g/mol. The molecule has 2 aliphatic rings. The van der Waals surface area contributed by atoms with Crippen LogP contribution in [0, 0.1) is 5.92 Å². The molecule has 0 bridgehead atoms. The van der Waals surface area contributed by atoms with Gasteiger partial charge in [-0.1, -0.05) is 48.9 Å². The predicted octanol–water partition coefficient (Wildman–Crippen LogP) is 6.33. The molecular formula is C31H34O5. The van der Waals surface area contributed by atoms with Gasteiger partial charge in [0.1, 0.15) is 18.1 Å². The molecular weight excluding hydrogens is 452 g/mol. The van der Waals surface area contributed by atoms with Crippen LogP contribution in [-0.2, 0) is 26.3 Å². The lowest BCUT2D eigenvalue weighted by Crippen LogP contribution is -2.48. The zero-order chi connectivity index (χ0) is 24.8. The monoisotopic (exact) mass is 486 g/mol. The van der Waals surface area contributed by atoms with Gasteiger partial charge in [-0.25, -0.2) is 0 Å². The minimum atomic E-state index is -0.295. The van der Waals surface area contributed by atoms with Gasteiger partial charge in [-0.3, -0.25) is 4.79 Å². The van der Waals surface area contributed by atoms with E-state index in [4.69, 9.17) is 18.9 Å². The van der Waals surface area contributed by atoms with Crippen molar-refractivity contribution in [2.75, 3.05) is 26.4 Å². The largest absolute Gasteiger partial charge is 0.493 e. The second-order valence-electron chi connectivity index (χ2n) is 9.90. The van der Waals surface area contributed by atoms with Gasteiger partial charge in [0, 0.05) is 0 Å². The molecule has 0 aromatic heterocycles. The first-order valence-electron chi connectivity index (χ1n) is 12.9. The van der Waals surface area contributed by atoms with Crippen LogP contribution in [-0.4, -0.2) is 32.4 Å². The number of esters is 1. The summed E-state index contributed by atoms with van der Waals surface area (Å²) in [5.74, 6) is 2.28. The number of rotatable bonds is 11. The summed E-state index contributed by atoms with van der Waals surface area (Å²) >= 11 is 0. The van der Waals surface area contributed by atoms with Crippen LogP contribution in [0.4, 0.5) is 0 Å². The van der Waals surface area contributed by atoms with Crippen LogP contribution in [0.5, 0.6) is 11.5 Å². The van der Waals surface area contributed by atoms with Crippen molar-refractivity contribution >= 4 is 5.97 Å². The van der Waals surface area contributed by atoms with Gasteiger partial charge >= 0.3 is 5.97 Å². The van der Waals surface area contributed by atoms with E-state index in [0.717, 1.165) is 46.3 Å². The summed E-state index contributed by atoms with van der Waals surface area (Å²) < 4.78 is 22.6. The van der Waals surface area contributed by atoms with Gasteiger partial charge < -0.3 is 18.9 Å². The number of hydrogen-bond donors (Lipinski definition) is 0. The Hall–Kier alpha value is -3.31. The smallest absolute Gasteiger partial charge is 0.306 e. The molecule has 5 rings (SSSR count). The highest BCUT2D eigenvalue weighted by Gasteiger charge is 2.42. The van der Waals surface area contributed by atoms with E-state index in [2.05, 4.69) is 48.5 Å².